The molecule has 4 nitrogen and oxygen atoms in total. The van der Waals surface area contributed by atoms with Crippen molar-refractivity contribution in [3.8, 4) is 12.3 Å². The van der Waals surface area contributed by atoms with Gasteiger partial charge < -0.3 is 10.2 Å². The van der Waals surface area contributed by atoms with E-state index in [9.17, 15) is 4.79 Å². The molecule has 2 rings (SSSR count). The van der Waals surface area contributed by atoms with Gasteiger partial charge in [-0.15, -0.1) is 6.42 Å². The van der Waals surface area contributed by atoms with Crippen molar-refractivity contribution in [3.63, 3.8) is 0 Å². The van der Waals surface area contributed by atoms with Crippen LogP contribution in [0.25, 0.3) is 0 Å². The van der Waals surface area contributed by atoms with Gasteiger partial charge in [-0.1, -0.05) is 5.92 Å². The first-order valence-electron chi connectivity index (χ1n) is 6.94. The van der Waals surface area contributed by atoms with Crippen LogP contribution in [0.3, 0.4) is 0 Å². The SMILES string of the molecule is C#CCN1CCN(C(=O)CC2CCCNC2)CC1. The zero-order valence-electron chi connectivity index (χ0n) is 11.0. The van der Waals surface area contributed by atoms with Crippen molar-refractivity contribution in [2.24, 2.45) is 5.92 Å². The van der Waals surface area contributed by atoms with Crippen LogP contribution in [0.4, 0.5) is 0 Å². The standard InChI is InChI=1S/C14H23N3O/c1-2-6-16-7-9-17(10-8-16)14(18)11-13-4-3-5-15-12-13/h1,13,15H,3-12H2. The number of amides is 1. The fraction of sp³-hybridized carbons (Fsp3) is 0.786. The average Bonchev–Trinajstić information content (AvgIpc) is 2.41. The maximum atomic E-state index is 12.2. The molecular weight excluding hydrogens is 226 g/mol. The van der Waals surface area contributed by atoms with E-state index < -0.39 is 0 Å². The van der Waals surface area contributed by atoms with E-state index in [1.165, 1.54) is 12.8 Å². The summed E-state index contributed by atoms with van der Waals surface area (Å²) in [6.07, 6.45) is 8.40. The summed E-state index contributed by atoms with van der Waals surface area (Å²) >= 11 is 0. The Kier molecular flexibility index (Phi) is 5.03. The number of piperazine rings is 1. The monoisotopic (exact) mass is 249 g/mol. The van der Waals surface area contributed by atoms with Gasteiger partial charge in [0, 0.05) is 32.6 Å². The molecule has 1 atom stereocenters. The topological polar surface area (TPSA) is 35.6 Å². The summed E-state index contributed by atoms with van der Waals surface area (Å²) in [4.78, 5) is 16.4. The van der Waals surface area contributed by atoms with Crippen LogP contribution >= 0.6 is 0 Å². The normalized spacial score (nSPS) is 25.7. The van der Waals surface area contributed by atoms with E-state index >= 15 is 0 Å². The summed E-state index contributed by atoms with van der Waals surface area (Å²) in [5, 5.41) is 3.37. The minimum absolute atomic E-state index is 0.323. The smallest absolute Gasteiger partial charge is 0.222 e. The highest BCUT2D eigenvalue weighted by Gasteiger charge is 2.23. The van der Waals surface area contributed by atoms with E-state index in [1.54, 1.807) is 0 Å². The molecule has 2 fully saturated rings. The Bertz CT molecular complexity index is 309. The van der Waals surface area contributed by atoms with E-state index in [4.69, 9.17) is 6.42 Å². The number of nitrogens with zero attached hydrogens (tertiary/aromatic N) is 2. The molecule has 18 heavy (non-hydrogen) atoms. The van der Waals surface area contributed by atoms with Crippen molar-refractivity contribution in [1.29, 1.82) is 0 Å². The van der Waals surface area contributed by atoms with E-state index in [0.717, 1.165) is 39.3 Å². The lowest BCUT2D eigenvalue weighted by atomic mass is 9.95. The molecule has 2 aliphatic rings. The molecular formula is C14H23N3O. The van der Waals surface area contributed by atoms with E-state index in [-0.39, 0.29) is 0 Å². The Morgan fingerprint density at radius 3 is 2.72 bits per heavy atom. The molecule has 2 heterocycles. The summed E-state index contributed by atoms with van der Waals surface area (Å²) < 4.78 is 0. The molecule has 100 valence electrons. The first-order chi connectivity index (χ1) is 8.79. The van der Waals surface area contributed by atoms with Gasteiger partial charge in [0.05, 0.1) is 6.54 Å². The summed E-state index contributed by atoms with van der Waals surface area (Å²) in [5.41, 5.74) is 0. The number of hydrogen-bond donors (Lipinski definition) is 1. The molecule has 0 radical (unpaired) electrons. The first kappa shape index (κ1) is 13.4. The molecule has 0 aromatic heterocycles. The third-order valence-corrected chi connectivity index (χ3v) is 3.90. The number of nitrogens with one attached hydrogen (secondary N) is 1. The van der Waals surface area contributed by atoms with Crippen LogP contribution in [0.5, 0.6) is 0 Å². The van der Waals surface area contributed by atoms with Crippen molar-refractivity contribution >= 4 is 5.91 Å². The lowest BCUT2D eigenvalue weighted by Gasteiger charge is -2.34. The molecule has 0 aromatic carbocycles. The Morgan fingerprint density at radius 2 is 2.11 bits per heavy atom. The zero-order chi connectivity index (χ0) is 12.8. The van der Waals surface area contributed by atoms with Gasteiger partial charge in [0.1, 0.15) is 0 Å². The molecule has 2 aliphatic heterocycles. The van der Waals surface area contributed by atoms with Gasteiger partial charge in [-0.2, -0.15) is 0 Å². The highest BCUT2D eigenvalue weighted by molar-refractivity contribution is 5.76. The lowest BCUT2D eigenvalue weighted by molar-refractivity contribution is -0.134. The molecule has 0 aromatic rings. The number of carbonyl (C=O) groups excluding carboxylic acids is 1. The Morgan fingerprint density at radius 1 is 1.33 bits per heavy atom. The average molecular weight is 249 g/mol. The van der Waals surface area contributed by atoms with Crippen molar-refractivity contribution < 1.29 is 4.79 Å². The molecule has 1 unspecified atom stereocenters. The molecule has 1 N–H and O–H groups in total. The van der Waals surface area contributed by atoms with Crippen LogP contribution in [-0.4, -0.2) is 61.5 Å². The highest BCUT2D eigenvalue weighted by Crippen LogP contribution is 2.16. The van der Waals surface area contributed by atoms with Crippen molar-refractivity contribution in [1.82, 2.24) is 15.1 Å². The zero-order valence-corrected chi connectivity index (χ0v) is 11.0. The van der Waals surface area contributed by atoms with E-state index in [1.807, 2.05) is 4.90 Å². The quantitative estimate of drug-likeness (QED) is 0.724. The molecule has 2 saturated heterocycles. The van der Waals surface area contributed by atoms with E-state index in [2.05, 4.69) is 16.1 Å². The minimum Gasteiger partial charge on any atom is -0.340 e. The number of piperidine rings is 1. The lowest BCUT2D eigenvalue weighted by Crippen LogP contribution is -2.49. The molecule has 4 heteroatoms. The van der Waals surface area contributed by atoms with Gasteiger partial charge in [0.25, 0.3) is 0 Å². The second-order valence-electron chi connectivity index (χ2n) is 5.28. The fourth-order valence-electron chi connectivity index (χ4n) is 2.76. The van der Waals surface area contributed by atoms with Gasteiger partial charge >= 0.3 is 0 Å². The van der Waals surface area contributed by atoms with Gasteiger partial charge in [-0.05, 0) is 31.8 Å². The first-order valence-corrected chi connectivity index (χ1v) is 6.94. The second-order valence-corrected chi connectivity index (χ2v) is 5.28. The van der Waals surface area contributed by atoms with Gasteiger partial charge in [-0.3, -0.25) is 9.69 Å². The summed E-state index contributed by atoms with van der Waals surface area (Å²) in [7, 11) is 0. The van der Waals surface area contributed by atoms with Crippen molar-refractivity contribution in [2.45, 2.75) is 19.3 Å². The largest absolute Gasteiger partial charge is 0.340 e. The molecule has 0 bridgehead atoms. The number of terminal acetylenes is 1. The predicted molar refractivity (Wildman–Crippen MR) is 72.1 cm³/mol. The van der Waals surface area contributed by atoms with Crippen LogP contribution in [0.1, 0.15) is 19.3 Å². The van der Waals surface area contributed by atoms with Crippen molar-refractivity contribution in [2.75, 3.05) is 45.8 Å². The predicted octanol–water partition coefficient (Wildman–Crippen LogP) is 0.154. The maximum absolute atomic E-state index is 12.2. The van der Waals surface area contributed by atoms with E-state index in [0.29, 0.717) is 24.8 Å². The van der Waals surface area contributed by atoms with Crippen LogP contribution in [0.2, 0.25) is 0 Å². The van der Waals surface area contributed by atoms with Gasteiger partial charge in [0.15, 0.2) is 0 Å². The van der Waals surface area contributed by atoms with Crippen LogP contribution in [0.15, 0.2) is 0 Å². The number of hydrogen-bond acceptors (Lipinski definition) is 3. The summed E-state index contributed by atoms with van der Waals surface area (Å²) in [6.45, 7) is 6.31. The number of rotatable bonds is 3. The van der Waals surface area contributed by atoms with Gasteiger partial charge in [-0.25, -0.2) is 0 Å². The minimum atomic E-state index is 0.323. The Labute approximate surface area is 110 Å². The summed E-state index contributed by atoms with van der Waals surface area (Å²) in [5.74, 6) is 3.52. The van der Waals surface area contributed by atoms with Crippen LogP contribution in [-0.2, 0) is 4.79 Å². The number of carbonyl (C=O) groups is 1. The van der Waals surface area contributed by atoms with Gasteiger partial charge in [0.2, 0.25) is 5.91 Å². The van der Waals surface area contributed by atoms with Crippen LogP contribution in [0, 0.1) is 18.3 Å². The molecule has 0 saturated carbocycles. The molecule has 0 spiro atoms. The Balaban J connectivity index is 1.72. The van der Waals surface area contributed by atoms with Crippen LogP contribution < -0.4 is 5.32 Å². The Hall–Kier alpha value is -1.05. The highest BCUT2D eigenvalue weighted by atomic mass is 16.2. The fourth-order valence-corrected chi connectivity index (χ4v) is 2.76. The second kappa shape index (κ2) is 6.77. The third kappa shape index (κ3) is 3.72. The maximum Gasteiger partial charge on any atom is 0.222 e. The third-order valence-electron chi connectivity index (χ3n) is 3.90. The molecule has 1 amide bonds. The molecule has 0 aliphatic carbocycles. The van der Waals surface area contributed by atoms with Crippen molar-refractivity contribution in [3.05, 3.63) is 0 Å². The summed E-state index contributed by atoms with van der Waals surface area (Å²) in [6, 6.07) is 0.